The number of nitrogens with zero attached hydrogens (tertiary/aromatic N) is 4. The molecule has 2 aromatic carbocycles. The number of hydrogen-bond donors (Lipinski definition) is 0. The number of rotatable bonds is 7. The van der Waals surface area contributed by atoms with Crippen LogP contribution in [-0.4, -0.2) is 31.6 Å². The van der Waals surface area contributed by atoms with Gasteiger partial charge in [0, 0.05) is 23.2 Å². The number of hydrogen-bond acceptors (Lipinski definition) is 5. The zero-order chi connectivity index (χ0) is 22.8. The van der Waals surface area contributed by atoms with Gasteiger partial charge < -0.3 is 9.30 Å². The van der Waals surface area contributed by atoms with Crippen molar-refractivity contribution in [2.45, 2.75) is 13.1 Å². The fourth-order valence-electron chi connectivity index (χ4n) is 3.45. The lowest BCUT2D eigenvalue weighted by Crippen LogP contribution is -2.40. The summed E-state index contributed by atoms with van der Waals surface area (Å²) in [4.78, 5) is 43.5. The van der Waals surface area contributed by atoms with Crippen LogP contribution in [0.3, 0.4) is 0 Å². The van der Waals surface area contributed by atoms with Crippen molar-refractivity contribution < 1.29 is 9.53 Å². The third-order valence-corrected chi connectivity index (χ3v) is 5.26. The van der Waals surface area contributed by atoms with E-state index in [2.05, 4.69) is 11.6 Å². The van der Waals surface area contributed by atoms with Crippen molar-refractivity contribution in [2.24, 2.45) is 0 Å². The van der Waals surface area contributed by atoms with Gasteiger partial charge >= 0.3 is 5.69 Å². The smallest absolute Gasteiger partial charge is 0.337 e. The Kier molecular flexibility index (Phi) is 5.79. The van der Waals surface area contributed by atoms with Gasteiger partial charge in [-0.25, -0.2) is 14.3 Å². The zero-order valence-electron chi connectivity index (χ0n) is 17.2. The van der Waals surface area contributed by atoms with Gasteiger partial charge in [0.15, 0.2) is 16.9 Å². The molecule has 4 rings (SSSR count). The summed E-state index contributed by atoms with van der Waals surface area (Å²) in [7, 11) is 1.52. The average molecular weight is 451 g/mol. The van der Waals surface area contributed by atoms with Gasteiger partial charge in [0.2, 0.25) is 0 Å². The topological polar surface area (TPSA) is 88.1 Å². The maximum absolute atomic E-state index is 13.2. The number of methoxy groups -OCH3 is 1. The third kappa shape index (κ3) is 3.76. The van der Waals surface area contributed by atoms with Gasteiger partial charge in [-0.05, 0) is 36.4 Å². The van der Waals surface area contributed by atoms with Crippen LogP contribution in [0.1, 0.15) is 10.4 Å². The monoisotopic (exact) mass is 450 g/mol. The summed E-state index contributed by atoms with van der Waals surface area (Å²) >= 11 is 5.90. The predicted molar refractivity (Wildman–Crippen MR) is 122 cm³/mol. The fraction of sp³-hybridized carbons (Fsp3) is 0.130. The molecule has 0 unspecified atom stereocenters. The molecular weight excluding hydrogens is 432 g/mol. The van der Waals surface area contributed by atoms with E-state index in [1.807, 2.05) is 0 Å². The largest absolute Gasteiger partial charge is 0.497 e. The minimum absolute atomic E-state index is 0.00782. The average Bonchev–Trinajstić information content (AvgIpc) is 3.20. The molecule has 0 atom stereocenters. The lowest BCUT2D eigenvalue weighted by atomic mass is 10.1. The van der Waals surface area contributed by atoms with E-state index < -0.39 is 11.2 Å². The van der Waals surface area contributed by atoms with Gasteiger partial charge in [0.25, 0.3) is 5.56 Å². The van der Waals surface area contributed by atoms with Crippen molar-refractivity contribution in [3.63, 3.8) is 0 Å². The number of Topliss-reactive ketones (excluding diaryl/α,β-unsaturated/α-hetero) is 1. The van der Waals surface area contributed by atoms with E-state index in [1.165, 1.54) is 28.6 Å². The number of carbonyl (C=O) groups is 1. The Labute approximate surface area is 187 Å². The Morgan fingerprint density at radius 1 is 1.19 bits per heavy atom. The molecule has 0 fully saturated rings. The molecule has 0 bridgehead atoms. The molecule has 2 heterocycles. The van der Waals surface area contributed by atoms with E-state index >= 15 is 0 Å². The summed E-state index contributed by atoms with van der Waals surface area (Å²) < 4.78 is 9.09. The van der Waals surface area contributed by atoms with Crippen LogP contribution in [0, 0.1) is 0 Å². The van der Waals surface area contributed by atoms with Crippen LogP contribution in [0.25, 0.3) is 16.9 Å². The number of benzene rings is 2. The molecule has 0 N–H and O–H groups in total. The first-order valence-corrected chi connectivity index (χ1v) is 10.1. The summed E-state index contributed by atoms with van der Waals surface area (Å²) in [6.07, 6.45) is 2.85. The number of ether oxygens (including phenoxy) is 1. The SMILES string of the molecule is C=CCn1c(=O)c2c(ncn2CC(=O)c2ccc(Cl)cc2)n(-c2cccc(OC)c2)c1=O. The van der Waals surface area contributed by atoms with Gasteiger partial charge in [0.1, 0.15) is 5.75 Å². The number of aromatic nitrogens is 4. The molecule has 9 heteroatoms. The first-order chi connectivity index (χ1) is 15.4. The Morgan fingerprint density at radius 2 is 1.94 bits per heavy atom. The second-order valence-electron chi connectivity index (χ2n) is 7.00. The van der Waals surface area contributed by atoms with E-state index in [0.717, 1.165) is 4.57 Å². The highest BCUT2D eigenvalue weighted by molar-refractivity contribution is 6.30. The quantitative estimate of drug-likeness (QED) is 0.319. The van der Waals surface area contributed by atoms with Crippen molar-refractivity contribution in [1.82, 2.24) is 18.7 Å². The number of allylic oxidation sites excluding steroid dienone is 1. The van der Waals surface area contributed by atoms with E-state index in [-0.39, 0.29) is 30.0 Å². The van der Waals surface area contributed by atoms with Crippen LogP contribution in [-0.2, 0) is 13.1 Å². The second kappa shape index (κ2) is 8.68. The third-order valence-electron chi connectivity index (χ3n) is 5.00. The van der Waals surface area contributed by atoms with E-state index in [4.69, 9.17) is 16.3 Å². The number of imidazole rings is 1. The Hall–Kier alpha value is -3.91. The van der Waals surface area contributed by atoms with Gasteiger partial charge in [0.05, 0.1) is 25.7 Å². The molecule has 2 aromatic heterocycles. The maximum atomic E-state index is 13.2. The molecule has 162 valence electrons. The summed E-state index contributed by atoms with van der Waals surface area (Å²) in [6, 6.07) is 13.3. The summed E-state index contributed by atoms with van der Waals surface area (Å²) in [5, 5.41) is 0.518. The van der Waals surface area contributed by atoms with E-state index in [9.17, 15) is 14.4 Å². The molecule has 4 aromatic rings. The number of halogens is 1. The number of fused-ring (bicyclic) bond motifs is 1. The maximum Gasteiger partial charge on any atom is 0.337 e. The second-order valence-corrected chi connectivity index (χ2v) is 7.44. The first-order valence-electron chi connectivity index (χ1n) is 9.69. The molecule has 0 saturated carbocycles. The summed E-state index contributed by atoms with van der Waals surface area (Å²) in [6.45, 7) is 3.52. The van der Waals surface area contributed by atoms with Crippen LogP contribution in [0.15, 0.2) is 77.1 Å². The molecule has 0 spiro atoms. The summed E-state index contributed by atoms with van der Waals surface area (Å²) in [5.41, 5.74) is 0.0969. The molecule has 0 aliphatic heterocycles. The molecule has 0 radical (unpaired) electrons. The predicted octanol–water partition coefficient (Wildman–Crippen LogP) is 3.08. The van der Waals surface area contributed by atoms with Crippen molar-refractivity contribution in [3.8, 4) is 11.4 Å². The van der Waals surface area contributed by atoms with Crippen LogP contribution in [0.4, 0.5) is 0 Å². The van der Waals surface area contributed by atoms with Crippen LogP contribution >= 0.6 is 11.6 Å². The lowest BCUT2D eigenvalue weighted by Gasteiger charge is -2.12. The fourth-order valence-corrected chi connectivity index (χ4v) is 3.58. The van der Waals surface area contributed by atoms with Crippen molar-refractivity contribution in [1.29, 1.82) is 0 Å². The molecule has 0 amide bonds. The molecule has 0 aliphatic carbocycles. The molecule has 8 nitrogen and oxygen atoms in total. The highest BCUT2D eigenvalue weighted by Gasteiger charge is 2.20. The molecule has 32 heavy (non-hydrogen) atoms. The van der Waals surface area contributed by atoms with E-state index in [0.29, 0.717) is 22.0 Å². The molecule has 0 saturated heterocycles. The first kappa shape index (κ1) is 21.3. The van der Waals surface area contributed by atoms with Crippen molar-refractivity contribution in [3.05, 3.63) is 98.9 Å². The minimum atomic E-state index is -0.565. The highest BCUT2D eigenvalue weighted by atomic mass is 35.5. The standard InChI is InChI=1S/C23H19ClN4O4/c1-3-11-27-22(30)20-21(28(23(27)31)17-5-4-6-18(12-17)32-2)25-14-26(20)13-19(29)15-7-9-16(24)10-8-15/h3-10,12,14H,1,11,13H2,2H3. The van der Waals surface area contributed by atoms with Crippen LogP contribution in [0.2, 0.25) is 5.02 Å². The Morgan fingerprint density at radius 3 is 2.62 bits per heavy atom. The summed E-state index contributed by atoms with van der Waals surface area (Å²) in [5.74, 6) is 0.316. The van der Waals surface area contributed by atoms with Gasteiger partial charge in [-0.1, -0.05) is 23.7 Å². The molecular formula is C23H19ClN4O4. The zero-order valence-corrected chi connectivity index (χ0v) is 18.0. The Balaban J connectivity index is 1.92. The van der Waals surface area contributed by atoms with Crippen LogP contribution in [0.5, 0.6) is 5.75 Å². The van der Waals surface area contributed by atoms with Crippen LogP contribution < -0.4 is 16.0 Å². The lowest BCUT2D eigenvalue weighted by molar-refractivity contribution is 0.0973. The highest BCUT2D eigenvalue weighted by Crippen LogP contribution is 2.19. The van der Waals surface area contributed by atoms with Gasteiger partial charge in [-0.2, -0.15) is 0 Å². The van der Waals surface area contributed by atoms with E-state index in [1.54, 1.807) is 48.5 Å². The van der Waals surface area contributed by atoms with Crippen molar-refractivity contribution >= 4 is 28.5 Å². The van der Waals surface area contributed by atoms with Gasteiger partial charge in [-0.3, -0.25) is 14.2 Å². The normalized spacial score (nSPS) is 10.9. The minimum Gasteiger partial charge on any atom is -0.497 e. The molecule has 0 aliphatic rings. The number of ketones is 1. The number of carbonyl (C=O) groups excluding carboxylic acids is 1. The van der Waals surface area contributed by atoms with Gasteiger partial charge in [-0.15, -0.1) is 6.58 Å². The Bertz CT molecular complexity index is 1450. The van der Waals surface area contributed by atoms with Crippen molar-refractivity contribution in [2.75, 3.05) is 7.11 Å².